The van der Waals surface area contributed by atoms with Gasteiger partial charge in [-0.1, -0.05) is 35.9 Å². The SMILES string of the molecule is CC(N)C(Cc1ccc(F)cc1)c1ccc(Cl)cc1. The van der Waals surface area contributed by atoms with Crippen LogP contribution in [0.3, 0.4) is 0 Å². The third-order valence-electron chi connectivity index (χ3n) is 3.30. The van der Waals surface area contributed by atoms with Crippen LogP contribution < -0.4 is 5.73 Å². The lowest BCUT2D eigenvalue weighted by Gasteiger charge is -2.21. The Hall–Kier alpha value is -1.38. The summed E-state index contributed by atoms with van der Waals surface area (Å²) in [7, 11) is 0. The molecule has 2 aromatic rings. The van der Waals surface area contributed by atoms with Crippen LogP contribution in [0.25, 0.3) is 0 Å². The largest absolute Gasteiger partial charge is 0.327 e. The van der Waals surface area contributed by atoms with E-state index in [4.69, 9.17) is 17.3 Å². The fourth-order valence-corrected chi connectivity index (χ4v) is 2.32. The summed E-state index contributed by atoms with van der Waals surface area (Å²) in [4.78, 5) is 0. The molecule has 3 heteroatoms. The number of nitrogens with two attached hydrogens (primary N) is 1. The molecule has 0 saturated heterocycles. The number of hydrogen-bond donors (Lipinski definition) is 1. The summed E-state index contributed by atoms with van der Waals surface area (Å²) < 4.78 is 12.9. The molecule has 2 aromatic carbocycles. The highest BCUT2D eigenvalue weighted by Crippen LogP contribution is 2.25. The van der Waals surface area contributed by atoms with Gasteiger partial charge in [-0.3, -0.25) is 0 Å². The van der Waals surface area contributed by atoms with Crippen molar-refractivity contribution in [2.75, 3.05) is 0 Å². The standard InChI is InChI=1S/C16H17ClFN/c1-11(19)16(13-4-6-14(17)7-5-13)10-12-2-8-15(18)9-3-12/h2-9,11,16H,10,19H2,1H3. The molecule has 0 spiro atoms. The quantitative estimate of drug-likeness (QED) is 0.892. The van der Waals surface area contributed by atoms with E-state index in [1.54, 1.807) is 12.1 Å². The predicted octanol–water partition coefficient (Wildman–Crippen LogP) is 4.15. The molecule has 0 heterocycles. The first-order valence-corrected chi connectivity index (χ1v) is 6.69. The number of rotatable bonds is 4. The van der Waals surface area contributed by atoms with Crippen LogP contribution in [0.5, 0.6) is 0 Å². The van der Waals surface area contributed by atoms with Crippen LogP contribution in [0.2, 0.25) is 5.02 Å². The number of benzene rings is 2. The van der Waals surface area contributed by atoms with Gasteiger partial charge in [0.15, 0.2) is 0 Å². The third kappa shape index (κ3) is 3.79. The van der Waals surface area contributed by atoms with E-state index in [9.17, 15) is 4.39 Å². The Labute approximate surface area is 118 Å². The predicted molar refractivity (Wildman–Crippen MR) is 77.9 cm³/mol. The average molecular weight is 278 g/mol. The Morgan fingerprint density at radius 2 is 1.63 bits per heavy atom. The fraction of sp³-hybridized carbons (Fsp3) is 0.250. The van der Waals surface area contributed by atoms with Gasteiger partial charge in [0.05, 0.1) is 0 Å². The Bertz CT molecular complexity index is 519. The molecule has 2 rings (SSSR count). The second kappa shape index (κ2) is 6.18. The maximum Gasteiger partial charge on any atom is 0.123 e. The molecule has 19 heavy (non-hydrogen) atoms. The zero-order valence-electron chi connectivity index (χ0n) is 10.8. The maximum absolute atomic E-state index is 12.9. The molecule has 0 aliphatic rings. The van der Waals surface area contributed by atoms with Crippen molar-refractivity contribution in [2.45, 2.75) is 25.3 Å². The lowest BCUT2D eigenvalue weighted by molar-refractivity contribution is 0.564. The number of halogens is 2. The van der Waals surface area contributed by atoms with E-state index >= 15 is 0 Å². The fourth-order valence-electron chi connectivity index (χ4n) is 2.19. The molecular weight excluding hydrogens is 261 g/mol. The highest BCUT2D eigenvalue weighted by atomic mass is 35.5. The Kier molecular flexibility index (Phi) is 4.56. The van der Waals surface area contributed by atoms with Crippen LogP contribution in [0.15, 0.2) is 48.5 Å². The maximum atomic E-state index is 12.9. The highest BCUT2D eigenvalue weighted by molar-refractivity contribution is 6.30. The van der Waals surface area contributed by atoms with Crippen molar-refractivity contribution in [3.05, 3.63) is 70.5 Å². The van der Waals surface area contributed by atoms with Gasteiger partial charge >= 0.3 is 0 Å². The minimum Gasteiger partial charge on any atom is -0.327 e. The molecule has 0 aromatic heterocycles. The summed E-state index contributed by atoms with van der Waals surface area (Å²) in [6.45, 7) is 1.99. The Balaban J connectivity index is 2.21. The second-order valence-corrected chi connectivity index (χ2v) is 5.28. The van der Waals surface area contributed by atoms with Crippen LogP contribution in [-0.2, 0) is 6.42 Å². The molecule has 0 bridgehead atoms. The third-order valence-corrected chi connectivity index (χ3v) is 3.55. The van der Waals surface area contributed by atoms with E-state index in [0.717, 1.165) is 17.5 Å². The molecule has 100 valence electrons. The van der Waals surface area contributed by atoms with Gasteiger partial charge in [0, 0.05) is 17.0 Å². The summed E-state index contributed by atoms with van der Waals surface area (Å²) in [5, 5.41) is 0.717. The van der Waals surface area contributed by atoms with Crippen molar-refractivity contribution < 1.29 is 4.39 Å². The zero-order valence-corrected chi connectivity index (χ0v) is 11.6. The van der Waals surface area contributed by atoms with E-state index in [2.05, 4.69) is 0 Å². The average Bonchev–Trinajstić information content (AvgIpc) is 2.39. The van der Waals surface area contributed by atoms with Crippen molar-refractivity contribution in [1.82, 2.24) is 0 Å². The first-order valence-electron chi connectivity index (χ1n) is 6.32. The van der Waals surface area contributed by atoms with E-state index in [0.29, 0.717) is 5.02 Å². The molecule has 2 atom stereocenters. The highest BCUT2D eigenvalue weighted by Gasteiger charge is 2.16. The van der Waals surface area contributed by atoms with E-state index in [1.165, 1.54) is 12.1 Å². The van der Waals surface area contributed by atoms with Crippen LogP contribution in [0, 0.1) is 5.82 Å². The minimum atomic E-state index is -0.215. The Morgan fingerprint density at radius 1 is 1.05 bits per heavy atom. The summed E-state index contributed by atoms with van der Waals surface area (Å²) in [6.07, 6.45) is 0.791. The molecule has 2 unspecified atom stereocenters. The molecule has 0 saturated carbocycles. The van der Waals surface area contributed by atoms with Crippen molar-refractivity contribution in [3.63, 3.8) is 0 Å². The van der Waals surface area contributed by atoms with E-state index in [-0.39, 0.29) is 17.8 Å². The van der Waals surface area contributed by atoms with Gasteiger partial charge in [0.2, 0.25) is 0 Å². The first kappa shape index (κ1) is 14.0. The second-order valence-electron chi connectivity index (χ2n) is 4.85. The van der Waals surface area contributed by atoms with Gasteiger partial charge in [-0.05, 0) is 48.7 Å². The monoisotopic (exact) mass is 277 g/mol. The van der Waals surface area contributed by atoms with Crippen molar-refractivity contribution >= 4 is 11.6 Å². The van der Waals surface area contributed by atoms with Gasteiger partial charge in [0.25, 0.3) is 0 Å². The summed E-state index contributed by atoms with van der Waals surface area (Å²) in [6, 6.07) is 14.3. The van der Waals surface area contributed by atoms with Gasteiger partial charge < -0.3 is 5.73 Å². The molecule has 0 amide bonds. The van der Waals surface area contributed by atoms with Gasteiger partial charge in [-0.2, -0.15) is 0 Å². The van der Waals surface area contributed by atoms with Crippen LogP contribution in [0.1, 0.15) is 24.0 Å². The van der Waals surface area contributed by atoms with Gasteiger partial charge in [0.1, 0.15) is 5.82 Å². The van der Waals surface area contributed by atoms with Crippen LogP contribution in [0.4, 0.5) is 4.39 Å². The van der Waals surface area contributed by atoms with Gasteiger partial charge in [-0.25, -0.2) is 4.39 Å². The van der Waals surface area contributed by atoms with Crippen molar-refractivity contribution in [3.8, 4) is 0 Å². The molecule has 0 aliphatic carbocycles. The molecule has 2 N–H and O–H groups in total. The van der Waals surface area contributed by atoms with Crippen LogP contribution in [-0.4, -0.2) is 6.04 Å². The minimum absolute atomic E-state index is 0.0197. The number of hydrogen-bond acceptors (Lipinski definition) is 1. The van der Waals surface area contributed by atoms with Crippen LogP contribution >= 0.6 is 11.6 Å². The molecule has 0 aliphatic heterocycles. The molecule has 0 fully saturated rings. The summed E-state index contributed by atoms with van der Waals surface area (Å²) in [5.41, 5.74) is 8.32. The van der Waals surface area contributed by atoms with E-state index in [1.807, 2.05) is 31.2 Å². The van der Waals surface area contributed by atoms with Gasteiger partial charge in [-0.15, -0.1) is 0 Å². The molecule has 1 nitrogen and oxygen atoms in total. The van der Waals surface area contributed by atoms with Crippen molar-refractivity contribution in [2.24, 2.45) is 5.73 Å². The topological polar surface area (TPSA) is 26.0 Å². The summed E-state index contributed by atoms with van der Waals surface area (Å²) >= 11 is 5.90. The smallest absolute Gasteiger partial charge is 0.123 e. The van der Waals surface area contributed by atoms with E-state index < -0.39 is 0 Å². The normalized spacial score (nSPS) is 14.1. The first-order chi connectivity index (χ1) is 9.06. The summed E-state index contributed by atoms with van der Waals surface area (Å²) in [5.74, 6) is -0.0182. The lowest BCUT2D eigenvalue weighted by Crippen LogP contribution is -2.26. The Morgan fingerprint density at radius 3 is 2.16 bits per heavy atom. The lowest BCUT2D eigenvalue weighted by atomic mass is 9.87. The molecular formula is C16H17ClFN. The zero-order chi connectivity index (χ0) is 13.8. The van der Waals surface area contributed by atoms with Crippen molar-refractivity contribution in [1.29, 1.82) is 0 Å². The molecule has 0 radical (unpaired) electrons.